The third kappa shape index (κ3) is 13.9. The first-order valence-corrected chi connectivity index (χ1v) is 42.5. The second-order valence-corrected chi connectivity index (χ2v) is 31.8. The molecule has 600 valence electrons. The second kappa shape index (κ2) is 32.0. The normalized spacial score (nSPS) is 12.7. The lowest BCUT2D eigenvalue weighted by atomic mass is 9.88. The molecular formula is C119H73N9O. The Morgan fingerprint density at radius 2 is 0.504 bits per heavy atom. The number of hydrogen-bond donors (Lipinski definition) is 0. The largest absolute Gasteiger partial charge is 0.456 e. The van der Waals surface area contributed by atoms with Crippen molar-refractivity contribution < 1.29 is 18.1 Å². The van der Waals surface area contributed by atoms with Crippen LogP contribution in [0, 0.1) is 0 Å². The highest BCUT2D eigenvalue weighted by atomic mass is 16.3. The summed E-state index contributed by atoms with van der Waals surface area (Å²) < 4.78 is 89.2. The number of nitrogens with zero attached hydrogens (tertiary/aromatic N) is 9. The zero-order valence-electron chi connectivity index (χ0n) is 78.8. The van der Waals surface area contributed by atoms with Crippen LogP contribution in [0.4, 0.5) is 0 Å². The maximum Gasteiger partial charge on any atom is 0.164 e. The van der Waals surface area contributed by atoms with Gasteiger partial charge in [0.05, 0.1) is 13.7 Å². The van der Waals surface area contributed by atoms with Gasteiger partial charge in [-0.25, -0.2) is 44.9 Å². The fourth-order valence-corrected chi connectivity index (χ4v) is 18.2. The number of para-hydroxylation sites is 1. The maximum atomic E-state index is 8.55. The van der Waals surface area contributed by atoms with E-state index >= 15 is 0 Å². The molecule has 0 bridgehead atoms. The molecule has 0 unspecified atom stereocenters. The topological polar surface area (TPSA) is 129 Å². The van der Waals surface area contributed by atoms with Crippen LogP contribution in [0.1, 0.15) is 13.7 Å². The zero-order chi connectivity index (χ0) is 94.0. The molecule has 129 heavy (non-hydrogen) atoms. The molecule has 26 rings (SSSR count). The first-order valence-electron chi connectivity index (χ1n) is 47.5. The Bertz CT molecular complexity index is 9500. The van der Waals surface area contributed by atoms with E-state index in [1.165, 1.54) is 81.1 Å². The van der Waals surface area contributed by atoms with Crippen molar-refractivity contribution in [3.05, 3.63) is 443 Å². The van der Waals surface area contributed by atoms with Gasteiger partial charge in [-0.2, -0.15) is 0 Å². The van der Waals surface area contributed by atoms with Crippen LogP contribution in [0.15, 0.2) is 447 Å². The van der Waals surface area contributed by atoms with E-state index in [0.717, 1.165) is 104 Å². The van der Waals surface area contributed by atoms with Crippen molar-refractivity contribution in [1.82, 2.24) is 44.9 Å². The second-order valence-electron chi connectivity index (χ2n) is 31.8. The molecule has 0 N–H and O–H groups in total. The van der Waals surface area contributed by atoms with Crippen molar-refractivity contribution in [3.8, 4) is 114 Å². The minimum atomic E-state index is -0.591. The van der Waals surface area contributed by atoms with E-state index in [1.807, 2.05) is 133 Å². The maximum absolute atomic E-state index is 8.55. The standard InChI is InChI=1S/C47H29N3.C39H23N3O.C33H21N3/c1-2-14-32(15-3-1)45-48-46(35-27-24-30-12-4-5-16-33(30)28-35)50-47(49-45)42-23-11-20-37-38(42)21-10-22-39(37)43-29-34-26-25-31-13-6-7-17-36(31)44(34)41-19-9-8-18-40(41)43;1-2-10-26(11-3-1)37-40-38(42-39(41-37)32-14-8-16-35-36(32)31-13-6-7-15-34(31)43-35)27-18-17-25-20-21-29-28-12-5-4-9-24(28)19-22-30(29)33(25)23-27;1-3-10-25(11-4-1)31-34-32(26-12-5-2-6-13-26)36-33(35-31)27-20-17-23-16-19-24-18-15-22-9-7-8-14-28(22)30(24)29(23)21-27/h1-29H;1-23H;1-21H/i;;1D,2D,3D,4D,5D,6D,10D,11D,12D,13D. The fraction of sp³-hybridized carbons (Fsp3) is 0. The lowest BCUT2D eigenvalue weighted by molar-refractivity contribution is 0.669. The molecule has 0 saturated heterocycles. The first-order chi connectivity index (χ1) is 68.1. The highest BCUT2D eigenvalue weighted by molar-refractivity contribution is 6.25. The predicted molar refractivity (Wildman–Crippen MR) is 534 cm³/mol. The number of aromatic nitrogens is 9. The van der Waals surface area contributed by atoms with Crippen LogP contribution in [0.3, 0.4) is 0 Å². The van der Waals surface area contributed by atoms with Crippen LogP contribution in [0.25, 0.3) is 254 Å². The summed E-state index contributed by atoms with van der Waals surface area (Å²) in [6, 6.07) is 126. The lowest BCUT2D eigenvalue weighted by Crippen LogP contribution is -2.00. The van der Waals surface area contributed by atoms with Gasteiger partial charge < -0.3 is 4.42 Å². The molecule has 0 aliphatic rings. The van der Waals surface area contributed by atoms with Crippen LogP contribution >= 0.6 is 0 Å². The van der Waals surface area contributed by atoms with E-state index in [9.17, 15) is 0 Å². The third-order valence-electron chi connectivity index (χ3n) is 24.3. The molecule has 0 saturated carbocycles. The molecule has 0 fully saturated rings. The highest BCUT2D eigenvalue weighted by Gasteiger charge is 2.23. The van der Waals surface area contributed by atoms with Crippen LogP contribution < -0.4 is 0 Å². The van der Waals surface area contributed by atoms with E-state index in [1.54, 1.807) is 6.07 Å². The van der Waals surface area contributed by atoms with Gasteiger partial charge >= 0.3 is 0 Å². The summed E-state index contributed by atoms with van der Waals surface area (Å²) >= 11 is 0. The Kier molecular flexibility index (Phi) is 16.2. The Morgan fingerprint density at radius 1 is 0.155 bits per heavy atom. The van der Waals surface area contributed by atoms with Crippen molar-refractivity contribution in [2.45, 2.75) is 0 Å². The van der Waals surface area contributed by atoms with Gasteiger partial charge in [-0.15, -0.1) is 0 Å². The van der Waals surface area contributed by atoms with Crippen molar-refractivity contribution in [3.63, 3.8) is 0 Å². The molecule has 0 atom stereocenters. The monoisotopic (exact) mass is 1650 g/mol. The van der Waals surface area contributed by atoms with Gasteiger partial charge in [-0.3, -0.25) is 0 Å². The number of hydrogen-bond acceptors (Lipinski definition) is 10. The van der Waals surface area contributed by atoms with Gasteiger partial charge in [-0.05, 0) is 166 Å². The average Bonchev–Trinajstić information content (AvgIpc) is 0.749. The summed E-state index contributed by atoms with van der Waals surface area (Å²) in [5.41, 5.74) is 9.61. The molecule has 22 aromatic carbocycles. The minimum Gasteiger partial charge on any atom is -0.456 e. The molecule has 0 radical (unpaired) electrons. The van der Waals surface area contributed by atoms with Crippen molar-refractivity contribution in [2.75, 3.05) is 0 Å². The molecule has 10 nitrogen and oxygen atoms in total. The molecule has 10 heteroatoms. The quantitative estimate of drug-likeness (QED) is 0.122. The summed E-state index contributed by atoms with van der Waals surface area (Å²) in [5.74, 6) is 3.27. The molecule has 0 aliphatic heterocycles. The molecular weight excluding hydrogens is 1570 g/mol. The van der Waals surface area contributed by atoms with Gasteiger partial charge in [-0.1, -0.05) is 406 Å². The number of benzene rings is 22. The first kappa shape index (κ1) is 65.2. The number of rotatable bonds is 10. The van der Waals surface area contributed by atoms with Crippen molar-refractivity contribution >= 4 is 140 Å². The Balaban J connectivity index is 0.000000114. The Labute approximate surface area is 755 Å². The molecule has 4 heterocycles. The van der Waals surface area contributed by atoms with Gasteiger partial charge in [0.25, 0.3) is 0 Å². The predicted octanol–water partition coefficient (Wildman–Crippen LogP) is 30.9. The minimum absolute atomic E-state index is 0.0257. The van der Waals surface area contributed by atoms with Gasteiger partial charge in [0, 0.05) is 60.8 Å². The van der Waals surface area contributed by atoms with E-state index < -0.39 is 60.4 Å². The summed E-state index contributed by atoms with van der Waals surface area (Å²) in [4.78, 5) is 43.9. The van der Waals surface area contributed by atoms with Crippen LogP contribution in [0.2, 0.25) is 0 Å². The van der Waals surface area contributed by atoms with Crippen molar-refractivity contribution in [2.24, 2.45) is 0 Å². The van der Waals surface area contributed by atoms with Crippen LogP contribution in [-0.4, -0.2) is 44.9 Å². The Morgan fingerprint density at radius 3 is 1.10 bits per heavy atom. The van der Waals surface area contributed by atoms with E-state index in [4.69, 9.17) is 48.0 Å². The molecule has 0 aliphatic carbocycles. The van der Waals surface area contributed by atoms with Crippen LogP contribution in [-0.2, 0) is 0 Å². The summed E-state index contributed by atoms with van der Waals surface area (Å²) in [6.45, 7) is 0. The van der Waals surface area contributed by atoms with Gasteiger partial charge in [0.2, 0.25) is 0 Å². The van der Waals surface area contributed by atoms with Gasteiger partial charge in [0.15, 0.2) is 52.4 Å². The molecule has 0 amide bonds. The number of furan rings is 1. The van der Waals surface area contributed by atoms with E-state index in [2.05, 4.69) is 258 Å². The lowest BCUT2D eigenvalue weighted by Gasteiger charge is -2.16. The summed E-state index contributed by atoms with van der Waals surface area (Å²) in [7, 11) is 0. The fourth-order valence-electron chi connectivity index (χ4n) is 18.2. The Hall–Kier alpha value is -17.5. The smallest absolute Gasteiger partial charge is 0.164 e. The van der Waals surface area contributed by atoms with E-state index in [-0.39, 0.29) is 28.6 Å². The van der Waals surface area contributed by atoms with Gasteiger partial charge in [0.1, 0.15) is 11.2 Å². The average molecular weight is 1660 g/mol. The molecule has 0 spiro atoms. The third-order valence-corrected chi connectivity index (χ3v) is 24.3. The SMILES string of the molecule is [2H]c1c([2H])c([2H])c(-c2nc(-c3ccc4ccc5ccc6ccccc6c5c4c3)nc(-c3c([2H])c([2H])c([2H])c([2H])c3[2H])n2)c([2H])c1[2H].c1ccc(-c2nc(-c3ccc4ccc5c6ccccc6ccc5c4c3)nc(-c3cccc4oc5ccccc5c34)n2)cc1.c1ccc(-c2nc(-c3ccc4ccccc4c3)nc(-c3cccc4c(-c5cc6ccc7ccccc7c6c6ccccc56)cccc34)n2)cc1. The molecule has 4 aromatic heterocycles. The summed E-state index contributed by atoms with van der Waals surface area (Å²) in [5, 5.41) is 27.4. The zero-order valence-corrected chi connectivity index (χ0v) is 68.8. The van der Waals surface area contributed by atoms with E-state index in [0.29, 0.717) is 40.5 Å². The molecule has 26 aromatic rings. The summed E-state index contributed by atoms with van der Waals surface area (Å²) in [6.07, 6.45) is 0. The van der Waals surface area contributed by atoms with Crippen LogP contribution in [0.5, 0.6) is 0 Å². The highest BCUT2D eigenvalue weighted by Crippen LogP contribution is 2.45. The van der Waals surface area contributed by atoms with Crippen molar-refractivity contribution in [1.29, 1.82) is 0 Å². The number of fused-ring (bicyclic) bond motifs is 20.